The SMILES string of the molecule is C=Cc1ccccc1.[Cr]. The van der Waals surface area contributed by atoms with E-state index < -0.39 is 0 Å². The quantitative estimate of drug-likeness (QED) is 0.585. The summed E-state index contributed by atoms with van der Waals surface area (Å²) >= 11 is 0. The van der Waals surface area contributed by atoms with Crippen LogP contribution in [0.15, 0.2) is 36.9 Å². The van der Waals surface area contributed by atoms with Gasteiger partial charge >= 0.3 is 0 Å². The fourth-order valence-corrected chi connectivity index (χ4v) is 0.589. The molecule has 0 bridgehead atoms. The van der Waals surface area contributed by atoms with Gasteiger partial charge in [0, 0.05) is 17.4 Å². The molecule has 0 aliphatic heterocycles. The maximum atomic E-state index is 3.63. The topological polar surface area (TPSA) is 0 Å². The Morgan fingerprint density at radius 2 is 1.67 bits per heavy atom. The molecule has 0 aromatic heterocycles. The Bertz CT molecular complexity index is 167. The molecule has 46 valence electrons. The van der Waals surface area contributed by atoms with Crippen LogP contribution in [0.5, 0.6) is 0 Å². The van der Waals surface area contributed by atoms with E-state index in [1.54, 1.807) is 0 Å². The smallest absolute Gasteiger partial charge is 0 e. The van der Waals surface area contributed by atoms with Crippen molar-refractivity contribution in [3.05, 3.63) is 42.5 Å². The van der Waals surface area contributed by atoms with Crippen LogP contribution in [0.1, 0.15) is 5.56 Å². The monoisotopic (exact) mass is 156 g/mol. The first kappa shape index (κ1) is 8.49. The largest absolute Gasteiger partial charge is 0.0985 e. The Morgan fingerprint density at radius 1 is 1.11 bits per heavy atom. The minimum absolute atomic E-state index is 0. The predicted molar refractivity (Wildman–Crippen MR) is 36.5 cm³/mol. The van der Waals surface area contributed by atoms with Crippen LogP contribution in [0.2, 0.25) is 0 Å². The van der Waals surface area contributed by atoms with Crippen molar-refractivity contribution >= 4 is 6.08 Å². The summed E-state index contributed by atoms with van der Waals surface area (Å²) in [5.74, 6) is 0. The van der Waals surface area contributed by atoms with E-state index in [1.807, 2.05) is 36.4 Å². The van der Waals surface area contributed by atoms with Gasteiger partial charge in [0.1, 0.15) is 0 Å². The van der Waals surface area contributed by atoms with Gasteiger partial charge in [0.05, 0.1) is 0 Å². The molecule has 9 heavy (non-hydrogen) atoms. The van der Waals surface area contributed by atoms with Gasteiger partial charge in [-0.1, -0.05) is 43.0 Å². The zero-order valence-electron chi connectivity index (χ0n) is 5.08. The van der Waals surface area contributed by atoms with E-state index in [0.29, 0.717) is 0 Å². The molecular formula is C8H8Cr. The van der Waals surface area contributed by atoms with Crippen molar-refractivity contribution in [3.63, 3.8) is 0 Å². The Balaban J connectivity index is 0.000000640. The van der Waals surface area contributed by atoms with Gasteiger partial charge in [0.15, 0.2) is 0 Å². The van der Waals surface area contributed by atoms with Crippen LogP contribution in [0, 0.1) is 0 Å². The second-order valence-electron chi connectivity index (χ2n) is 1.61. The summed E-state index contributed by atoms with van der Waals surface area (Å²) in [7, 11) is 0. The van der Waals surface area contributed by atoms with Crippen molar-refractivity contribution in [2.24, 2.45) is 0 Å². The van der Waals surface area contributed by atoms with Gasteiger partial charge in [0.25, 0.3) is 0 Å². The third-order valence-electron chi connectivity index (χ3n) is 1.04. The van der Waals surface area contributed by atoms with Crippen molar-refractivity contribution in [2.75, 3.05) is 0 Å². The molecule has 0 heterocycles. The van der Waals surface area contributed by atoms with Crippen LogP contribution >= 0.6 is 0 Å². The fraction of sp³-hybridized carbons (Fsp3) is 0. The first-order chi connectivity index (χ1) is 3.93. The van der Waals surface area contributed by atoms with Crippen molar-refractivity contribution in [2.45, 2.75) is 0 Å². The molecule has 0 nitrogen and oxygen atoms in total. The Hall–Kier alpha value is -0.508. The summed E-state index contributed by atoms with van der Waals surface area (Å²) < 4.78 is 0. The molecule has 0 atom stereocenters. The van der Waals surface area contributed by atoms with Gasteiger partial charge in [0.2, 0.25) is 0 Å². The Labute approximate surface area is 66.3 Å². The van der Waals surface area contributed by atoms with Gasteiger partial charge in [-0.3, -0.25) is 0 Å². The number of benzene rings is 1. The Kier molecular flexibility index (Phi) is 4.13. The van der Waals surface area contributed by atoms with Crippen LogP contribution in [-0.4, -0.2) is 0 Å². The van der Waals surface area contributed by atoms with E-state index in [-0.39, 0.29) is 17.4 Å². The molecular weight excluding hydrogens is 148 g/mol. The number of hydrogen-bond acceptors (Lipinski definition) is 0. The fourth-order valence-electron chi connectivity index (χ4n) is 0.589. The third kappa shape index (κ3) is 2.51. The molecule has 0 saturated heterocycles. The molecule has 0 aliphatic rings. The van der Waals surface area contributed by atoms with E-state index >= 15 is 0 Å². The molecule has 0 N–H and O–H groups in total. The van der Waals surface area contributed by atoms with Gasteiger partial charge in [-0.05, 0) is 5.56 Å². The van der Waals surface area contributed by atoms with Crippen molar-refractivity contribution < 1.29 is 17.4 Å². The molecule has 0 amide bonds. The van der Waals surface area contributed by atoms with E-state index in [1.165, 1.54) is 5.56 Å². The molecule has 0 radical (unpaired) electrons. The third-order valence-corrected chi connectivity index (χ3v) is 1.04. The molecule has 0 aliphatic carbocycles. The molecule has 1 aromatic carbocycles. The molecule has 0 fully saturated rings. The summed E-state index contributed by atoms with van der Waals surface area (Å²) in [5, 5.41) is 0. The second kappa shape index (κ2) is 4.38. The maximum absolute atomic E-state index is 3.63. The predicted octanol–water partition coefficient (Wildman–Crippen LogP) is 2.33. The molecule has 1 rings (SSSR count). The molecule has 0 saturated carbocycles. The van der Waals surface area contributed by atoms with E-state index in [9.17, 15) is 0 Å². The summed E-state index contributed by atoms with van der Waals surface area (Å²) in [6.07, 6.45) is 1.83. The van der Waals surface area contributed by atoms with E-state index in [0.717, 1.165) is 0 Å². The van der Waals surface area contributed by atoms with Gasteiger partial charge in [-0.25, -0.2) is 0 Å². The molecule has 0 spiro atoms. The summed E-state index contributed by atoms with van der Waals surface area (Å²) in [4.78, 5) is 0. The standard InChI is InChI=1S/C8H8.Cr/c1-2-8-6-4-3-5-7-8;/h2-7H,1H2;. The summed E-state index contributed by atoms with van der Waals surface area (Å²) in [6.45, 7) is 3.63. The zero-order valence-corrected chi connectivity index (χ0v) is 6.35. The first-order valence-electron chi connectivity index (χ1n) is 2.61. The normalized spacial score (nSPS) is 7.56. The molecule has 1 heteroatoms. The first-order valence-corrected chi connectivity index (χ1v) is 2.61. The average molecular weight is 156 g/mol. The van der Waals surface area contributed by atoms with Crippen molar-refractivity contribution in [1.29, 1.82) is 0 Å². The average Bonchev–Trinajstić information content (AvgIpc) is 1.90. The van der Waals surface area contributed by atoms with Crippen LogP contribution in [0.3, 0.4) is 0 Å². The van der Waals surface area contributed by atoms with E-state index in [4.69, 9.17) is 0 Å². The zero-order chi connectivity index (χ0) is 5.82. The molecule has 0 unspecified atom stereocenters. The van der Waals surface area contributed by atoms with Gasteiger partial charge in [-0.2, -0.15) is 0 Å². The van der Waals surface area contributed by atoms with Crippen LogP contribution < -0.4 is 0 Å². The minimum atomic E-state index is 0. The van der Waals surface area contributed by atoms with Gasteiger partial charge < -0.3 is 0 Å². The number of hydrogen-bond donors (Lipinski definition) is 0. The Morgan fingerprint density at radius 3 is 2.00 bits per heavy atom. The summed E-state index contributed by atoms with van der Waals surface area (Å²) in [6, 6.07) is 10.0. The minimum Gasteiger partial charge on any atom is -0.0985 e. The van der Waals surface area contributed by atoms with Crippen LogP contribution in [0.25, 0.3) is 6.08 Å². The van der Waals surface area contributed by atoms with Crippen LogP contribution in [-0.2, 0) is 17.4 Å². The van der Waals surface area contributed by atoms with E-state index in [2.05, 4.69) is 6.58 Å². The van der Waals surface area contributed by atoms with Crippen molar-refractivity contribution in [1.82, 2.24) is 0 Å². The van der Waals surface area contributed by atoms with Crippen LogP contribution in [0.4, 0.5) is 0 Å². The van der Waals surface area contributed by atoms with Gasteiger partial charge in [-0.15, -0.1) is 0 Å². The summed E-state index contributed by atoms with van der Waals surface area (Å²) in [5.41, 5.74) is 1.17. The number of rotatable bonds is 1. The van der Waals surface area contributed by atoms with Crippen molar-refractivity contribution in [3.8, 4) is 0 Å². The second-order valence-corrected chi connectivity index (χ2v) is 1.61. The maximum Gasteiger partial charge on any atom is 0 e. The molecule has 1 aromatic rings.